The SMILES string of the molecule is CSCCCn1c(CNC(C)C)cnc1C. The first kappa shape index (κ1) is 13.6. The number of thioether (sulfide) groups is 1. The second kappa shape index (κ2) is 6.97. The highest BCUT2D eigenvalue weighted by atomic mass is 32.2. The van der Waals surface area contributed by atoms with E-state index in [2.05, 4.69) is 41.9 Å². The molecular formula is C12H23N3S. The van der Waals surface area contributed by atoms with Gasteiger partial charge in [0.25, 0.3) is 0 Å². The molecule has 0 aliphatic carbocycles. The zero-order chi connectivity index (χ0) is 12.0. The Balaban J connectivity index is 2.55. The van der Waals surface area contributed by atoms with E-state index in [9.17, 15) is 0 Å². The highest BCUT2D eigenvalue weighted by Gasteiger charge is 2.06. The standard InChI is InChI=1S/C12H23N3S/c1-10(2)13-8-12-9-14-11(3)15(12)6-5-7-16-4/h9-10,13H,5-8H2,1-4H3. The van der Waals surface area contributed by atoms with Crippen molar-refractivity contribution in [3.8, 4) is 0 Å². The van der Waals surface area contributed by atoms with E-state index in [1.807, 2.05) is 18.0 Å². The van der Waals surface area contributed by atoms with Crippen molar-refractivity contribution in [2.45, 2.75) is 46.3 Å². The zero-order valence-electron chi connectivity index (χ0n) is 10.8. The number of hydrogen-bond donors (Lipinski definition) is 1. The van der Waals surface area contributed by atoms with Crippen LogP contribution in [0, 0.1) is 6.92 Å². The smallest absolute Gasteiger partial charge is 0.105 e. The third-order valence-electron chi connectivity index (χ3n) is 2.56. The first-order valence-corrected chi connectivity index (χ1v) is 7.28. The Kier molecular flexibility index (Phi) is 5.91. The molecule has 0 aliphatic rings. The summed E-state index contributed by atoms with van der Waals surface area (Å²) in [6.07, 6.45) is 5.36. The molecular weight excluding hydrogens is 218 g/mol. The van der Waals surface area contributed by atoms with E-state index in [4.69, 9.17) is 0 Å². The van der Waals surface area contributed by atoms with Crippen molar-refractivity contribution in [2.24, 2.45) is 0 Å². The van der Waals surface area contributed by atoms with Crippen molar-refractivity contribution >= 4 is 11.8 Å². The highest BCUT2D eigenvalue weighted by molar-refractivity contribution is 7.98. The molecule has 92 valence electrons. The third-order valence-corrected chi connectivity index (χ3v) is 3.26. The first-order chi connectivity index (χ1) is 7.65. The van der Waals surface area contributed by atoms with Crippen LogP contribution >= 0.6 is 11.8 Å². The molecule has 0 aromatic carbocycles. The fraction of sp³-hybridized carbons (Fsp3) is 0.750. The molecule has 0 bridgehead atoms. The van der Waals surface area contributed by atoms with Gasteiger partial charge in [0.2, 0.25) is 0 Å². The predicted octanol–water partition coefficient (Wildman–Crippen LogP) is 2.44. The van der Waals surface area contributed by atoms with Crippen LogP contribution in [-0.2, 0) is 13.1 Å². The maximum Gasteiger partial charge on any atom is 0.105 e. The van der Waals surface area contributed by atoms with Crippen LogP contribution in [0.15, 0.2) is 6.20 Å². The Morgan fingerprint density at radius 3 is 2.88 bits per heavy atom. The number of hydrogen-bond acceptors (Lipinski definition) is 3. The third kappa shape index (κ3) is 4.18. The molecule has 1 rings (SSSR count). The Morgan fingerprint density at radius 1 is 1.50 bits per heavy atom. The number of rotatable bonds is 7. The van der Waals surface area contributed by atoms with Gasteiger partial charge in [0.15, 0.2) is 0 Å². The van der Waals surface area contributed by atoms with Gasteiger partial charge in [-0.15, -0.1) is 0 Å². The Morgan fingerprint density at radius 2 is 2.25 bits per heavy atom. The quantitative estimate of drug-likeness (QED) is 0.744. The number of imidazole rings is 1. The molecule has 0 aliphatic heterocycles. The summed E-state index contributed by atoms with van der Waals surface area (Å²) in [4.78, 5) is 4.39. The summed E-state index contributed by atoms with van der Waals surface area (Å²) in [6, 6.07) is 0.523. The molecule has 0 atom stereocenters. The fourth-order valence-electron chi connectivity index (χ4n) is 1.64. The average molecular weight is 241 g/mol. The summed E-state index contributed by atoms with van der Waals surface area (Å²) in [6.45, 7) is 8.42. The van der Waals surface area contributed by atoms with Crippen LogP contribution in [0.5, 0.6) is 0 Å². The molecule has 0 spiro atoms. The van der Waals surface area contributed by atoms with Gasteiger partial charge in [0.1, 0.15) is 5.82 Å². The lowest BCUT2D eigenvalue weighted by Gasteiger charge is -2.12. The van der Waals surface area contributed by atoms with Gasteiger partial charge in [-0.1, -0.05) is 13.8 Å². The molecule has 1 heterocycles. The van der Waals surface area contributed by atoms with Gasteiger partial charge in [-0.25, -0.2) is 4.98 Å². The van der Waals surface area contributed by atoms with Gasteiger partial charge in [-0.2, -0.15) is 11.8 Å². The average Bonchev–Trinajstić information content (AvgIpc) is 2.58. The second-order valence-electron chi connectivity index (χ2n) is 4.33. The summed E-state index contributed by atoms with van der Waals surface area (Å²) in [7, 11) is 0. The monoisotopic (exact) mass is 241 g/mol. The lowest BCUT2D eigenvalue weighted by molar-refractivity contribution is 0.548. The van der Waals surface area contributed by atoms with E-state index in [1.54, 1.807) is 0 Å². The van der Waals surface area contributed by atoms with Crippen molar-refractivity contribution in [1.29, 1.82) is 0 Å². The van der Waals surface area contributed by atoms with Gasteiger partial charge in [0.05, 0.1) is 5.69 Å². The molecule has 1 aromatic heterocycles. The normalized spacial score (nSPS) is 11.3. The van der Waals surface area contributed by atoms with E-state index < -0.39 is 0 Å². The minimum Gasteiger partial charge on any atom is -0.331 e. The van der Waals surface area contributed by atoms with E-state index in [1.165, 1.54) is 17.9 Å². The molecule has 16 heavy (non-hydrogen) atoms. The maximum absolute atomic E-state index is 4.39. The summed E-state index contributed by atoms with van der Waals surface area (Å²) >= 11 is 1.90. The van der Waals surface area contributed by atoms with Crippen LogP contribution in [0.1, 0.15) is 31.8 Å². The van der Waals surface area contributed by atoms with Gasteiger partial charge in [0, 0.05) is 25.3 Å². The van der Waals surface area contributed by atoms with E-state index in [-0.39, 0.29) is 0 Å². The molecule has 0 unspecified atom stereocenters. The Hall–Kier alpha value is -0.480. The topological polar surface area (TPSA) is 29.9 Å². The van der Waals surface area contributed by atoms with Gasteiger partial charge >= 0.3 is 0 Å². The van der Waals surface area contributed by atoms with Crippen molar-refractivity contribution in [3.05, 3.63) is 17.7 Å². The predicted molar refractivity (Wildman–Crippen MR) is 71.9 cm³/mol. The van der Waals surface area contributed by atoms with Crippen LogP contribution in [-0.4, -0.2) is 27.6 Å². The van der Waals surface area contributed by atoms with Crippen LogP contribution in [0.4, 0.5) is 0 Å². The van der Waals surface area contributed by atoms with Crippen molar-refractivity contribution in [1.82, 2.24) is 14.9 Å². The zero-order valence-corrected chi connectivity index (χ0v) is 11.6. The summed E-state index contributed by atoms with van der Waals surface area (Å²) in [5, 5.41) is 3.44. The Labute approximate surface area is 103 Å². The lowest BCUT2D eigenvalue weighted by Crippen LogP contribution is -2.23. The fourth-order valence-corrected chi connectivity index (χ4v) is 2.06. The highest BCUT2D eigenvalue weighted by Crippen LogP contribution is 2.07. The van der Waals surface area contributed by atoms with Crippen LogP contribution in [0.25, 0.3) is 0 Å². The van der Waals surface area contributed by atoms with Crippen LogP contribution in [0.3, 0.4) is 0 Å². The van der Waals surface area contributed by atoms with E-state index in [0.29, 0.717) is 6.04 Å². The molecule has 1 aromatic rings. The molecule has 1 N–H and O–H groups in total. The summed E-state index contributed by atoms with van der Waals surface area (Å²) < 4.78 is 2.33. The number of aromatic nitrogens is 2. The van der Waals surface area contributed by atoms with Crippen molar-refractivity contribution in [3.63, 3.8) is 0 Å². The molecule has 0 saturated heterocycles. The summed E-state index contributed by atoms with van der Waals surface area (Å²) in [5.74, 6) is 2.34. The summed E-state index contributed by atoms with van der Waals surface area (Å²) in [5.41, 5.74) is 1.30. The Bertz CT molecular complexity index is 307. The van der Waals surface area contributed by atoms with Gasteiger partial charge < -0.3 is 9.88 Å². The minimum absolute atomic E-state index is 0.523. The van der Waals surface area contributed by atoms with E-state index >= 15 is 0 Å². The number of aryl methyl sites for hydroxylation is 1. The molecule has 3 nitrogen and oxygen atoms in total. The van der Waals surface area contributed by atoms with Crippen LogP contribution in [0.2, 0.25) is 0 Å². The molecule has 0 radical (unpaired) electrons. The second-order valence-corrected chi connectivity index (χ2v) is 5.32. The van der Waals surface area contributed by atoms with Crippen LogP contribution < -0.4 is 5.32 Å². The van der Waals surface area contributed by atoms with Crippen molar-refractivity contribution < 1.29 is 0 Å². The number of nitrogens with one attached hydrogen (secondary N) is 1. The first-order valence-electron chi connectivity index (χ1n) is 5.88. The molecule has 0 fully saturated rings. The lowest BCUT2D eigenvalue weighted by atomic mass is 10.3. The van der Waals surface area contributed by atoms with Gasteiger partial charge in [-0.3, -0.25) is 0 Å². The van der Waals surface area contributed by atoms with Crippen molar-refractivity contribution in [2.75, 3.05) is 12.0 Å². The maximum atomic E-state index is 4.39. The number of nitrogens with zero attached hydrogens (tertiary/aromatic N) is 2. The largest absolute Gasteiger partial charge is 0.331 e. The minimum atomic E-state index is 0.523. The van der Waals surface area contributed by atoms with E-state index in [0.717, 1.165) is 18.9 Å². The molecule has 0 amide bonds. The molecule has 4 heteroatoms. The molecule has 0 saturated carbocycles. The van der Waals surface area contributed by atoms with Gasteiger partial charge in [-0.05, 0) is 25.4 Å².